The summed E-state index contributed by atoms with van der Waals surface area (Å²) in [5, 5.41) is 11.6. The molecule has 2 aromatic rings. The predicted molar refractivity (Wildman–Crippen MR) is 64.1 cm³/mol. The molecule has 1 aromatic carbocycles. The smallest absolute Gasteiger partial charge is 0.162 e. The molecule has 0 spiro atoms. The molecule has 0 bridgehead atoms. The number of nitriles is 1. The standard InChI is InChI=1S/C11H6BrFN4/c12-10-7(3-14)1-2-9(11(10)13)17-8-4-15-6-16-5-8/h1-2,4-6,17H. The van der Waals surface area contributed by atoms with Gasteiger partial charge in [-0.3, -0.25) is 0 Å². The third-order valence-corrected chi connectivity index (χ3v) is 2.82. The molecular formula is C11H6BrFN4. The number of hydrogen-bond acceptors (Lipinski definition) is 4. The van der Waals surface area contributed by atoms with E-state index in [1.54, 1.807) is 0 Å². The molecule has 0 saturated carbocycles. The third-order valence-electron chi connectivity index (χ3n) is 2.04. The molecule has 4 nitrogen and oxygen atoms in total. The van der Waals surface area contributed by atoms with Gasteiger partial charge < -0.3 is 5.32 Å². The van der Waals surface area contributed by atoms with Gasteiger partial charge in [-0.05, 0) is 28.1 Å². The quantitative estimate of drug-likeness (QED) is 0.924. The first kappa shape index (κ1) is 11.5. The first-order chi connectivity index (χ1) is 8.22. The van der Waals surface area contributed by atoms with Crippen molar-refractivity contribution in [1.29, 1.82) is 5.26 Å². The molecule has 0 unspecified atom stereocenters. The molecule has 17 heavy (non-hydrogen) atoms. The summed E-state index contributed by atoms with van der Waals surface area (Å²) in [7, 11) is 0. The lowest BCUT2D eigenvalue weighted by Gasteiger charge is -2.08. The number of anilines is 2. The van der Waals surface area contributed by atoms with Crippen molar-refractivity contribution in [1.82, 2.24) is 9.97 Å². The molecule has 1 aromatic heterocycles. The Balaban J connectivity index is 2.36. The summed E-state index contributed by atoms with van der Waals surface area (Å²) in [5.41, 5.74) is 1.08. The van der Waals surface area contributed by atoms with Gasteiger partial charge in [-0.2, -0.15) is 5.26 Å². The molecule has 0 aliphatic heterocycles. The zero-order chi connectivity index (χ0) is 12.3. The van der Waals surface area contributed by atoms with Gasteiger partial charge in [0.25, 0.3) is 0 Å². The van der Waals surface area contributed by atoms with Crippen molar-refractivity contribution in [3.05, 3.63) is 46.7 Å². The molecule has 0 aliphatic carbocycles. The minimum atomic E-state index is -0.520. The van der Waals surface area contributed by atoms with Gasteiger partial charge in [0.2, 0.25) is 0 Å². The van der Waals surface area contributed by atoms with Crippen molar-refractivity contribution in [2.75, 3.05) is 5.32 Å². The first-order valence-electron chi connectivity index (χ1n) is 4.62. The maximum Gasteiger partial charge on any atom is 0.162 e. The first-order valence-corrected chi connectivity index (χ1v) is 5.42. The van der Waals surface area contributed by atoms with E-state index in [9.17, 15) is 4.39 Å². The van der Waals surface area contributed by atoms with E-state index >= 15 is 0 Å². The van der Waals surface area contributed by atoms with E-state index in [-0.39, 0.29) is 15.7 Å². The van der Waals surface area contributed by atoms with Crippen LogP contribution in [0.25, 0.3) is 0 Å². The minimum absolute atomic E-state index is 0.141. The van der Waals surface area contributed by atoms with Gasteiger partial charge in [-0.25, -0.2) is 14.4 Å². The van der Waals surface area contributed by atoms with Crippen LogP contribution in [0.5, 0.6) is 0 Å². The second-order valence-corrected chi connectivity index (χ2v) is 3.95. The Morgan fingerprint density at radius 1 is 1.29 bits per heavy atom. The molecule has 2 rings (SSSR count). The Bertz CT molecular complexity index is 580. The lowest BCUT2D eigenvalue weighted by molar-refractivity contribution is 0.624. The third kappa shape index (κ3) is 2.40. The van der Waals surface area contributed by atoms with Crippen LogP contribution in [0.2, 0.25) is 0 Å². The number of nitrogens with zero attached hydrogens (tertiary/aromatic N) is 3. The van der Waals surface area contributed by atoms with Gasteiger partial charge in [0.05, 0.1) is 33.8 Å². The normalized spacial score (nSPS) is 9.71. The largest absolute Gasteiger partial charge is 0.351 e. The molecule has 0 atom stereocenters. The monoisotopic (exact) mass is 292 g/mol. The second kappa shape index (κ2) is 4.89. The van der Waals surface area contributed by atoms with Crippen LogP contribution in [0.4, 0.5) is 15.8 Å². The second-order valence-electron chi connectivity index (χ2n) is 3.15. The van der Waals surface area contributed by atoms with Crippen LogP contribution in [0.1, 0.15) is 5.56 Å². The van der Waals surface area contributed by atoms with Crippen LogP contribution < -0.4 is 5.32 Å². The maximum absolute atomic E-state index is 13.8. The molecule has 0 amide bonds. The molecule has 1 heterocycles. The summed E-state index contributed by atoms with van der Waals surface area (Å²) in [6, 6.07) is 4.91. The molecule has 0 aliphatic rings. The van der Waals surface area contributed by atoms with Crippen molar-refractivity contribution in [3.63, 3.8) is 0 Å². The Hall–Kier alpha value is -2.00. The van der Waals surface area contributed by atoms with E-state index < -0.39 is 5.82 Å². The van der Waals surface area contributed by atoms with Gasteiger partial charge >= 0.3 is 0 Å². The van der Waals surface area contributed by atoms with E-state index in [1.165, 1.54) is 30.9 Å². The molecule has 1 N–H and O–H groups in total. The highest BCUT2D eigenvalue weighted by Gasteiger charge is 2.11. The van der Waals surface area contributed by atoms with Gasteiger partial charge in [0.15, 0.2) is 5.82 Å². The van der Waals surface area contributed by atoms with E-state index in [1.807, 2.05) is 6.07 Å². The van der Waals surface area contributed by atoms with E-state index in [4.69, 9.17) is 5.26 Å². The lowest BCUT2D eigenvalue weighted by Crippen LogP contribution is -1.96. The summed E-state index contributed by atoms with van der Waals surface area (Å²) in [6.07, 6.45) is 4.44. The number of rotatable bonds is 2. The summed E-state index contributed by atoms with van der Waals surface area (Å²) < 4.78 is 14.0. The van der Waals surface area contributed by atoms with Gasteiger partial charge in [-0.1, -0.05) is 0 Å². The van der Waals surface area contributed by atoms with Crippen LogP contribution in [0, 0.1) is 17.1 Å². The maximum atomic E-state index is 13.8. The van der Waals surface area contributed by atoms with Crippen molar-refractivity contribution in [2.24, 2.45) is 0 Å². The zero-order valence-corrected chi connectivity index (χ0v) is 10.1. The number of benzene rings is 1. The highest BCUT2D eigenvalue weighted by molar-refractivity contribution is 9.10. The number of hydrogen-bond donors (Lipinski definition) is 1. The molecule has 0 fully saturated rings. The summed E-state index contributed by atoms with van der Waals surface area (Å²) in [6.45, 7) is 0. The molecule has 84 valence electrons. The van der Waals surface area contributed by atoms with Gasteiger partial charge in [-0.15, -0.1) is 0 Å². The van der Waals surface area contributed by atoms with E-state index in [0.717, 1.165) is 0 Å². The fraction of sp³-hybridized carbons (Fsp3) is 0. The summed E-state index contributed by atoms with van der Waals surface area (Å²) >= 11 is 3.04. The van der Waals surface area contributed by atoms with Crippen molar-refractivity contribution in [3.8, 4) is 6.07 Å². The number of nitrogens with one attached hydrogen (secondary N) is 1. The van der Waals surface area contributed by atoms with Crippen molar-refractivity contribution in [2.45, 2.75) is 0 Å². The molecular weight excluding hydrogens is 287 g/mol. The number of halogens is 2. The average Bonchev–Trinajstić information content (AvgIpc) is 2.37. The van der Waals surface area contributed by atoms with Gasteiger partial charge in [0.1, 0.15) is 12.4 Å². The van der Waals surface area contributed by atoms with Crippen LogP contribution in [0.3, 0.4) is 0 Å². The molecule has 0 radical (unpaired) electrons. The topological polar surface area (TPSA) is 61.6 Å². The highest BCUT2D eigenvalue weighted by Crippen LogP contribution is 2.28. The lowest BCUT2D eigenvalue weighted by atomic mass is 10.2. The van der Waals surface area contributed by atoms with Crippen LogP contribution in [-0.4, -0.2) is 9.97 Å². The fourth-order valence-corrected chi connectivity index (χ4v) is 1.69. The fourth-order valence-electron chi connectivity index (χ4n) is 1.25. The van der Waals surface area contributed by atoms with Crippen molar-refractivity contribution >= 4 is 27.3 Å². The van der Waals surface area contributed by atoms with E-state index in [2.05, 4.69) is 31.2 Å². The van der Waals surface area contributed by atoms with Gasteiger partial charge in [0, 0.05) is 0 Å². The van der Waals surface area contributed by atoms with Crippen LogP contribution in [-0.2, 0) is 0 Å². The minimum Gasteiger partial charge on any atom is -0.351 e. The Labute approximate surface area is 105 Å². The average molecular weight is 293 g/mol. The SMILES string of the molecule is N#Cc1ccc(Nc2cncnc2)c(F)c1Br. The molecule has 6 heteroatoms. The highest BCUT2D eigenvalue weighted by atomic mass is 79.9. The zero-order valence-electron chi connectivity index (χ0n) is 8.48. The Morgan fingerprint density at radius 3 is 2.65 bits per heavy atom. The predicted octanol–water partition coefficient (Wildman–Crippen LogP) is 2.99. The summed E-state index contributed by atoms with van der Waals surface area (Å²) in [5.74, 6) is -0.520. The summed E-state index contributed by atoms with van der Waals surface area (Å²) in [4.78, 5) is 7.61. The van der Waals surface area contributed by atoms with Crippen LogP contribution >= 0.6 is 15.9 Å². The Kier molecular flexibility index (Phi) is 3.30. The van der Waals surface area contributed by atoms with E-state index in [0.29, 0.717) is 5.69 Å². The Morgan fingerprint density at radius 2 is 2.00 bits per heavy atom. The number of aromatic nitrogens is 2. The van der Waals surface area contributed by atoms with Crippen molar-refractivity contribution < 1.29 is 4.39 Å². The van der Waals surface area contributed by atoms with Crippen LogP contribution in [0.15, 0.2) is 35.3 Å². The molecule has 0 saturated heterocycles.